The van der Waals surface area contributed by atoms with Gasteiger partial charge in [0, 0.05) is 37.7 Å². The highest BCUT2D eigenvalue weighted by atomic mass is 35.5. The Hall–Kier alpha value is -2.11. The second kappa shape index (κ2) is 8.32. The van der Waals surface area contributed by atoms with E-state index >= 15 is 0 Å². The molecule has 2 aromatic rings. The molecule has 0 spiro atoms. The van der Waals surface area contributed by atoms with E-state index in [1.807, 2.05) is 4.90 Å². The lowest BCUT2D eigenvalue weighted by Crippen LogP contribution is -2.49. The van der Waals surface area contributed by atoms with Crippen molar-refractivity contribution in [3.63, 3.8) is 0 Å². The molecule has 3 rings (SSSR count). The van der Waals surface area contributed by atoms with Gasteiger partial charge in [0.2, 0.25) is 0 Å². The van der Waals surface area contributed by atoms with Crippen molar-refractivity contribution in [1.82, 2.24) is 9.80 Å². The standard InChI is InChI=1S/C19H20ClFN2O2/c20-16-3-7-18(8-4-16)25-14-19(24)23-11-9-22(10-12-23)13-15-1-5-17(21)6-2-15/h1-8H,9-14H2. The summed E-state index contributed by atoms with van der Waals surface area (Å²) in [5, 5.41) is 0.635. The van der Waals surface area contributed by atoms with Crippen molar-refractivity contribution in [3.8, 4) is 5.75 Å². The molecule has 0 aliphatic carbocycles. The summed E-state index contributed by atoms with van der Waals surface area (Å²) in [4.78, 5) is 16.3. The van der Waals surface area contributed by atoms with Gasteiger partial charge in [-0.15, -0.1) is 0 Å². The van der Waals surface area contributed by atoms with Crippen molar-refractivity contribution in [3.05, 3.63) is 64.9 Å². The van der Waals surface area contributed by atoms with Crippen molar-refractivity contribution in [1.29, 1.82) is 0 Å². The van der Waals surface area contributed by atoms with Gasteiger partial charge in [0.1, 0.15) is 11.6 Å². The third kappa shape index (κ3) is 5.18. The summed E-state index contributed by atoms with van der Waals surface area (Å²) in [6, 6.07) is 13.5. The van der Waals surface area contributed by atoms with Gasteiger partial charge >= 0.3 is 0 Å². The highest BCUT2D eigenvalue weighted by Gasteiger charge is 2.21. The molecule has 6 heteroatoms. The number of carbonyl (C=O) groups excluding carboxylic acids is 1. The molecule has 1 saturated heterocycles. The lowest BCUT2D eigenvalue weighted by atomic mass is 10.2. The molecule has 1 aliphatic heterocycles. The number of nitrogens with zero attached hydrogens (tertiary/aromatic N) is 2. The Morgan fingerprint density at radius 2 is 1.64 bits per heavy atom. The maximum Gasteiger partial charge on any atom is 0.260 e. The Morgan fingerprint density at radius 1 is 1.00 bits per heavy atom. The van der Waals surface area contributed by atoms with E-state index in [9.17, 15) is 9.18 Å². The molecule has 1 amide bonds. The molecule has 2 aromatic carbocycles. The average Bonchev–Trinajstić information content (AvgIpc) is 2.63. The van der Waals surface area contributed by atoms with Gasteiger partial charge in [-0.2, -0.15) is 0 Å². The minimum atomic E-state index is -0.222. The third-order valence-corrected chi connectivity index (χ3v) is 4.47. The van der Waals surface area contributed by atoms with Crippen molar-refractivity contribution in [2.45, 2.75) is 6.54 Å². The smallest absolute Gasteiger partial charge is 0.260 e. The maximum atomic E-state index is 12.9. The highest BCUT2D eigenvalue weighted by Crippen LogP contribution is 2.16. The van der Waals surface area contributed by atoms with E-state index in [4.69, 9.17) is 16.3 Å². The van der Waals surface area contributed by atoms with Crippen molar-refractivity contribution in [2.24, 2.45) is 0 Å². The summed E-state index contributed by atoms with van der Waals surface area (Å²) in [6.07, 6.45) is 0. The molecule has 4 nitrogen and oxygen atoms in total. The largest absolute Gasteiger partial charge is 0.484 e. The summed E-state index contributed by atoms with van der Waals surface area (Å²) in [5.74, 6) is 0.393. The first-order valence-corrected chi connectivity index (χ1v) is 8.61. The van der Waals surface area contributed by atoms with Crippen LogP contribution in [0, 0.1) is 5.82 Å². The van der Waals surface area contributed by atoms with Gasteiger partial charge in [0.05, 0.1) is 0 Å². The molecular formula is C19H20ClFN2O2. The first-order valence-electron chi connectivity index (χ1n) is 8.23. The number of benzene rings is 2. The zero-order valence-corrected chi connectivity index (χ0v) is 14.6. The van der Waals surface area contributed by atoms with E-state index in [-0.39, 0.29) is 18.3 Å². The summed E-state index contributed by atoms with van der Waals surface area (Å²) >= 11 is 5.82. The lowest BCUT2D eigenvalue weighted by Gasteiger charge is -2.34. The zero-order chi connectivity index (χ0) is 17.6. The number of halogens is 2. The molecule has 1 fully saturated rings. The van der Waals surface area contributed by atoms with Crippen molar-refractivity contribution < 1.29 is 13.9 Å². The molecule has 0 unspecified atom stereocenters. The van der Waals surface area contributed by atoms with Gasteiger partial charge in [-0.1, -0.05) is 23.7 Å². The van der Waals surface area contributed by atoms with Gasteiger partial charge < -0.3 is 9.64 Å². The molecule has 0 aromatic heterocycles. The van der Waals surface area contributed by atoms with Crippen LogP contribution in [0.15, 0.2) is 48.5 Å². The fraction of sp³-hybridized carbons (Fsp3) is 0.316. The predicted molar refractivity (Wildman–Crippen MR) is 95.2 cm³/mol. The average molecular weight is 363 g/mol. The van der Waals surface area contributed by atoms with E-state index in [0.29, 0.717) is 23.9 Å². The summed E-state index contributed by atoms with van der Waals surface area (Å²) in [7, 11) is 0. The first-order chi connectivity index (χ1) is 12.1. The van der Waals surface area contributed by atoms with Crippen LogP contribution in [0.2, 0.25) is 5.02 Å². The summed E-state index contributed by atoms with van der Waals surface area (Å²) in [5.41, 5.74) is 1.08. The van der Waals surface area contributed by atoms with E-state index in [1.54, 1.807) is 36.4 Å². The highest BCUT2D eigenvalue weighted by molar-refractivity contribution is 6.30. The molecule has 1 heterocycles. The topological polar surface area (TPSA) is 32.8 Å². The molecule has 0 N–H and O–H groups in total. The molecule has 25 heavy (non-hydrogen) atoms. The van der Waals surface area contributed by atoms with Crippen LogP contribution < -0.4 is 4.74 Å². The molecule has 0 atom stereocenters. The van der Waals surface area contributed by atoms with Crippen LogP contribution in [0.4, 0.5) is 4.39 Å². The van der Waals surface area contributed by atoms with E-state index in [0.717, 1.165) is 25.2 Å². The Kier molecular flexibility index (Phi) is 5.89. The van der Waals surface area contributed by atoms with Gasteiger partial charge in [0.15, 0.2) is 6.61 Å². The third-order valence-electron chi connectivity index (χ3n) is 4.22. The summed E-state index contributed by atoms with van der Waals surface area (Å²) in [6.45, 7) is 3.73. The van der Waals surface area contributed by atoms with Gasteiger partial charge in [0.25, 0.3) is 5.91 Å². The Labute approximate surface area is 151 Å². The Balaban J connectivity index is 1.42. The van der Waals surface area contributed by atoms with Crippen LogP contribution in [-0.2, 0) is 11.3 Å². The van der Waals surface area contributed by atoms with Crippen LogP contribution in [0.5, 0.6) is 5.75 Å². The fourth-order valence-corrected chi connectivity index (χ4v) is 2.90. The predicted octanol–water partition coefficient (Wildman–Crippen LogP) is 3.20. The Bertz CT molecular complexity index is 698. The number of piperazine rings is 1. The lowest BCUT2D eigenvalue weighted by molar-refractivity contribution is -0.135. The number of amides is 1. The summed E-state index contributed by atoms with van der Waals surface area (Å²) < 4.78 is 18.5. The van der Waals surface area contributed by atoms with Crippen LogP contribution in [0.3, 0.4) is 0 Å². The second-order valence-corrected chi connectivity index (χ2v) is 6.46. The van der Waals surface area contributed by atoms with E-state index in [1.165, 1.54) is 12.1 Å². The minimum Gasteiger partial charge on any atom is -0.484 e. The normalized spacial score (nSPS) is 15.2. The number of rotatable bonds is 5. The maximum absolute atomic E-state index is 12.9. The minimum absolute atomic E-state index is 0.0172. The molecule has 0 saturated carbocycles. The van der Waals surface area contributed by atoms with Crippen LogP contribution in [0.1, 0.15) is 5.56 Å². The fourth-order valence-electron chi connectivity index (χ4n) is 2.77. The van der Waals surface area contributed by atoms with Gasteiger partial charge in [-0.05, 0) is 42.0 Å². The van der Waals surface area contributed by atoms with Gasteiger partial charge in [-0.25, -0.2) is 4.39 Å². The number of hydrogen-bond acceptors (Lipinski definition) is 3. The molecular weight excluding hydrogens is 343 g/mol. The molecule has 132 valence electrons. The van der Waals surface area contributed by atoms with Crippen LogP contribution in [0.25, 0.3) is 0 Å². The second-order valence-electron chi connectivity index (χ2n) is 6.03. The van der Waals surface area contributed by atoms with E-state index in [2.05, 4.69) is 4.90 Å². The SMILES string of the molecule is O=C(COc1ccc(Cl)cc1)N1CCN(Cc2ccc(F)cc2)CC1. The first kappa shape index (κ1) is 17.7. The number of ether oxygens (including phenoxy) is 1. The van der Waals surface area contributed by atoms with E-state index < -0.39 is 0 Å². The zero-order valence-electron chi connectivity index (χ0n) is 13.8. The van der Waals surface area contributed by atoms with Crippen molar-refractivity contribution in [2.75, 3.05) is 32.8 Å². The molecule has 0 radical (unpaired) electrons. The molecule has 0 bridgehead atoms. The van der Waals surface area contributed by atoms with Crippen LogP contribution in [-0.4, -0.2) is 48.5 Å². The van der Waals surface area contributed by atoms with Gasteiger partial charge in [-0.3, -0.25) is 9.69 Å². The monoisotopic (exact) mass is 362 g/mol. The van der Waals surface area contributed by atoms with Crippen molar-refractivity contribution >= 4 is 17.5 Å². The number of carbonyl (C=O) groups is 1. The molecule has 1 aliphatic rings. The van der Waals surface area contributed by atoms with Crippen LogP contribution >= 0.6 is 11.6 Å². The quantitative estimate of drug-likeness (QED) is 0.818. The Morgan fingerprint density at radius 3 is 2.28 bits per heavy atom. The number of hydrogen-bond donors (Lipinski definition) is 0.